The first kappa shape index (κ1) is 14.3. The van der Waals surface area contributed by atoms with Gasteiger partial charge in [0.2, 0.25) is 0 Å². The van der Waals surface area contributed by atoms with Gasteiger partial charge in [-0.2, -0.15) is 0 Å². The number of nitrogens with one attached hydrogen (secondary N) is 1. The lowest BCUT2D eigenvalue weighted by Gasteiger charge is -2.13. The second kappa shape index (κ2) is 6.39. The van der Waals surface area contributed by atoms with Crippen LogP contribution < -0.4 is 5.32 Å². The van der Waals surface area contributed by atoms with Gasteiger partial charge < -0.3 is 10.2 Å². The number of nitrogens with zero attached hydrogens (tertiary/aromatic N) is 2. The summed E-state index contributed by atoms with van der Waals surface area (Å²) >= 11 is 6.06. The van der Waals surface area contributed by atoms with Crippen LogP contribution in [0.3, 0.4) is 0 Å². The number of aromatic nitrogens is 1. The van der Waals surface area contributed by atoms with Crippen molar-refractivity contribution in [2.75, 3.05) is 19.4 Å². The molecule has 0 unspecified atom stereocenters. The van der Waals surface area contributed by atoms with Crippen LogP contribution in [-0.2, 0) is 6.54 Å². The second-order valence-corrected chi connectivity index (χ2v) is 4.98. The number of pyridine rings is 1. The van der Waals surface area contributed by atoms with Crippen LogP contribution in [0.25, 0.3) is 0 Å². The van der Waals surface area contributed by atoms with Gasteiger partial charge in [-0.1, -0.05) is 17.7 Å². The molecule has 4 nitrogen and oxygen atoms in total. The first-order chi connectivity index (χ1) is 9.58. The van der Waals surface area contributed by atoms with Crippen molar-refractivity contribution in [1.82, 2.24) is 9.88 Å². The van der Waals surface area contributed by atoms with Gasteiger partial charge in [-0.25, -0.2) is 0 Å². The van der Waals surface area contributed by atoms with E-state index in [4.69, 9.17) is 11.6 Å². The molecular weight excluding hydrogens is 274 g/mol. The fourth-order valence-corrected chi connectivity index (χ4v) is 1.93. The number of benzene rings is 1. The molecule has 1 amide bonds. The fraction of sp³-hybridized carbons (Fsp3) is 0.200. The summed E-state index contributed by atoms with van der Waals surface area (Å²) in [4.78, 5) is 17.7. The quantitative estimate of drug-likeness (QED) is 0.941. The number of carbonyl (C=O) groups is 1. The SMILES string of the molecule is CN(C)C(=O)c1cc(NCc2ccccn2)ccc1Cl. The Balaban J connectivity index is 2.13. The molecule has 1 N–H and O–H groups in total. The van der Waals surface area contributed by atoms with E-state index in [9.17, 15) is 4.79 Å². The van der Waals surface area contributed by atoms with Gasteiger partial charge in [0.1, 0.15) is 0 Å². The van der Waals surface area contributed by atoms with E-state index in [1.165, 1.54) is 4.90 Å². The lowest BCUT2D eigenvalue weighted by atomic mass is 10.1. The van der Waals surface area contributed by atoms with E-state index in [1.54, 1.807) is 32.4 Å². The molecule has 5 heteroatoms. The molecule has 2 rings (SSSR count). The Kier molecular flexibility index (Phi) is 4.58. The highest BCUT2D eigenvalue weighted by Crippen LogP contribution is 2.22. The lowest BCUT2D eigenvalue weighted by molar-refractivity contribution is 0.0828. The summed E-state index contributed by atoms with van der Waals surface area (Å²) in [6.07, 6.45) is 1.75. The van der Waals surface area contributed by atoms with Crippen molar-refractivity contribution in [2.24, 2.45) is 0 Å². The van der Waals surface area contributed by atoms with Crippen LogP contribution in [0.2, 0.25) is 5.02 Å². The Morgan fingerprint density at radius 3 is 2.75 bits per heavy atom. The second-order valence-electron chi connectivity index (χ2n) is 4.57. The van der Waals surface area contributed by atoms with Crippen molar-refractivity contribution in [3.8, 4) is 0 Å². The van der Waals surface area contributed by atoms with Crippen LogP contribution in [-0.4, -0.2) is 29.9 Å². The molecule has 0 spiro atoms. The Hall–Kier alpha value is -2.07. The predicted molar refractivity (Wildman–Crippen MR) is 81.0 cm³/mol. The smallest absolute Gasteiger partial charge is 0.254 e. The van der Waals surface area contributed by atoms with Crippen LogP contribution in [0.1, 0.15) is 16.1 Å². The zero-order chi connectivity index (χ0) is 14.5. The van der Waals surface area contributed by atoms with E-state index in [0.717, 1.165) is 11.4 Å². The number of hydrogen-bond acceptors (Lipinski definition) is 3. The molecule has 1 aromatic heterocycles. The van der Waals surface area contributed by atoms with Crippen LogP contribution >= 0.6 is 11.6 Å². The summed E-state index contributed by atoms with van der Waals surface area (Å²) in [5, 5.41) is 3.68. The summed E-state index contributed by atoms with van der Waals surface area (Å²) in [6.45, 7) is 0.595. The minimum atomic E-state index is -0.114. The average molecular weight is 290 g/mol. The Morgan fingerprint density at radius 1 is 1.30 bits per heavy atom. The maximum atomic E-state index is 12.0. The highest BCUT2D eigenvalue weighted by Gasteiger charge is 2.12. The van der Waals surface area contributed by atoms with Crippen molar-refractivity contribution >= 4 is 23.2 Å². The van der Waals surface area contributed by atoms with Crippen LogP contribution in [0.5, 0.6) is 0 Å². The summed E-state index contributed by atoms with van der Waals surface area (Å²) < 4.78 is 0. The molecule has 0 radical (unpaired) electrons. The topological polar surface area (TPSA) is 45.2 Å². The molecule has 0 fully saturated rings. The monoisotopic (exact) mass is 289 g/mol. The van der Waals surface area contributed by atoms with Gasteiger partial charge in [-0.15, -0.1) is 0 Å². The Bertz CT molecular complexity index is 599. The molecule has 20 heavy (non-hydrogen) atoms. The predicted octanol–water partition coefficient (Wildman–Crippen LogP) is 3.05. The number of carbonyl (C=O) groups excluding carboxylic acids is 1. The van der Waals surface area contributed by atoms with Gasteiger partial charge in [-0.3, -0.25) is 9.78 Å². The minimum Gasteiger partial charge on any atom is -0.379 e. The number of anilines is 1. The van der Waals surface area contributed by atoms with Gasteiger partial charge in [-0.05, 0) is 30.3 Å². The van der Waals surface area contributed by atoms with Crippen molar-refractivity contribution in [3.63, 3.8) is 0 Å². The molecular formula is C15H16ClN3O. The molecule has 0 bridgehead atoms. The molecule has 0 saturated carbocycles. The Labute approximate surface area is 123 Å². The minimum absolute atomic E-state index is 0.114. The van der Waals surface area contributed by atoms with Crippen molar-refractivity contribution < 1.29 is 4.79 Å². The van der Waals surface area contributed by atoms with Crippen molar-refractivity contribution in [3.05, 3.63) is 58.9 Å². The van der Waals surface area contributed by atoms with E-state index in [1.807, 2.05) is 24.3 Å². The van der Waals surface area contributed by atoms with Crippen molar-refractivity contribution in [2.45, 2.75) is 6.54 Å². The molecule has 2 aromatic rings. The lowest BCUT2D eigenvalue weighted by Crippen LogP contribution is -2.22. The maximum Gasteiger partial charge on any atom is 0.254 e. The zero-order valence-corrected chi connectivity index (χ0v) is 12.2. The number of halogens is 1. The number of rotatable bonds is 4. The average Bonchev–Trinajstić information content (AvgIpc) is 2.46. The maximum absolute atomic E-state index is 12.0. The van der Waals surface area contributed by atoms with Crippen molar-refractivity contribution in [1.29, 1.82) is 0 Å². The van der Waals surface area contributed by atoms with Crippen LogP contribution in [0.15, 0.2) is 42.6 Å². The van der Waals surface area contributed by atoms with Crippen LogP contribution in [0, 0.1) is 0 Å². The summed E-state index contributed by atoms with van der Waals surface area (Å²) in [5.41, 5.74) is 2.26. The first-order valence-corrected chi connectivity index (χ1v) is 6.60. The molecule has 104 valence electrons. The first-order valence-electron chi connectivity index (χ1n) is 6.23. The Morgan fingerprint density at radius 2 is 2.10 bits per heavy atom. The molecule has 0 atom stereocenters. The van der Waals surface area contributed by atoms with E-state index in [2.05, 4.69) is 10.3 Å². The third kappa shape index (κ3) is 3.48. The molecule has 0 aliphatic carbocycles. The molecule has 0 saturated heterocycles. The summed E-state index contributed by atoms with van der Waals surface area (Å²) in [5.74, 6) is -0.114. The molecule has 0 aliphatic heterocycles. The zero-order valence-electron chi connectivity index (χ0n) is 11.4. The van der Waals surface area contributed by atoms with Crippen LogP contribution in [0.4, 0.5) is 5.69 Å². The standard InChI is InChI=1S/C15H16ClN3O/c1-19(2)15(20)13-9-11(6-7-14(13)16)18-10-12-5-3-4-8-17-12/h3-9,18H,10H2,1-2H3. The van der Waals surface area contributed by atoms with E-state index in [0.29, 0.717) is 17.1 Å². The molecule has 1 heterocycles. The third-order valence-corrected chi connectivity index (χ3v) is 3.13. The summed E-state index contributed by atoms with van der Waals surface area (Å²) in [7, 11) is 3.40. The number of hydrogen-bond donors (Lipinski definition) is 1. The fourth-order valence-electron chi connectivity index (χ4n) is 1.74. The van der Waals surface area contributed by atoms with Gasteiger partial charge in [0, 0.05) is 26.0 Å². The number of amides is 1. The van der Waals surface area contributed by atoms with Gasteiger partial charge in [0.05, 0.1) is 22.8 Å². The largest absolute Gasteiger partial charge is 0.379 e. The third-order valence-electron chi connectivity index (χ3n) is 2.80. The van der Waals surface area contributed by atoms with E-state index >= 15 is 0 Å². The van der Waals surface area contributed by atoms with Gasteiger partial charge >= 0.3 is 0 Å². The van der Waals surface area contributed by atoms with Gasteiger partial charge in [0.15, 0.2) is 0 Å². The molecule has 1 aromatic carbocycles. The summed E-state index contributed by atoms with van der Waals surface area (Å²) in [6, 6.07) is 11.1. The highest BCUT2D eigenvalue weighted by molar-refractivity contribution is 6.34. The molecule has 0 aliphatic rings. The highest BCUT2D eigenvalue weighted by atomic mass is 35.5. The van der Waals surface area contributed by atoms with Gasteiger partial charge in [0.25, 0.3) is 5.91 Å². The van der Waals surface area contributed by atoms with E-state index in [-0.39, 0.29) is 5.91 Å². The van der Waals surface area contributed by atoms with E-state index < -0.39 is 0 Å². The normalized spacial score (nSPS) is 10.2.